The van der Waals surface area contributed by atoms with E-state index >= 15 is 0 Å². The third-order valence-electron chi connectivity index (χ3n) is 4.20. The average Bonchev–Trinajstić information content (AvgIpc) is 3.07. The maximum atomic E-state index is 6.93. The van der Waals surface area contributed by atoms with E-state index in [0.29, 0.717) is 0 Å². The van der Waals surface area contributed by atoms with Crippen LogP contribution in [0.3, 0.4) is 0 Å². The summed E-state index contributed by atoms with van der Waals surface area (Å²) in [7, 11) is 0.109. The van der Waals surface area contributed by atoms with Crippen LogP contribution in [0.4, 0.5) is 0 Å². The molecular weight excluding hydrogens is 414 g/mol. The Hall–Kier alpha value is 0.430. The molecule has 0 fully saturated rings. The predicted molar refractivity (Wildman–Crippen MR) is 101 cm³/mol. The van der Waals surface area contributed by atoms with Crippen molar-refractivity contribution in [1.82, 2.24) is 0 Å². The van der Waals surface area contributed by atoms with Gasteiger partial charge in [-0.3, -0.25) is 0 Å². The van der Waals surface area contributed by atoms with E-state index in [9.17, 15) is 0 Å². The molecule has 0 atom stereocenters. The van der Waals surface area contributed by atoms with Crippen molar-refractivity contribution >= 4 is 36.8 Å². The molecule has 0 saturated heterocycles. The zero-order valence-electron chi connectivity index (χ0n) is 14.1. The number of allylic oxidation sites excluding steroid dienone is 8. The molecule has 2 rings (SSSR count). The van der Waals surface area contributed by atoms with E-state index in [4.69, 9.17) is 5.32 Å². The van der Waals surface area contributed by atoms with E-state index in [2.05, 4.69) is 66.7 Å². The third-order valence-corrected chi connectivity index (χ3v) is 25.1. The van der Waals surface area contributed by atoms with Gasteiger partial charge in [-0.1, -0.05) is 0 Å². The van der Waals surface area contributed by atoms with Crippen molar-refractivity contribution < 1.29 is 24.5 Å². The van der Waals surface area contributed by atoms with Gasteiger partial charge in [-0.15, -0.1) is 24.8 Å². The molecule has 0 heterocycles. The Morgan fingerprint density at radius 1 is 1.00 bits per heavy atom. The van der Waals surface area contributed by atoms with Crippen molar-refractivity contribution in [1.29, 1.82) is 0 Å². The van der Waals surface area contributed by atoms with E-state index in [1.165, 1.54) is 6.56 Å². The first-order valence-electron chi connectivity index (χ1n) is 7.32. The van der Waals surface area contributed by atoms with Crippen LogP contribution in [0.15, 0.2) is 43.0 Å². The second-order valence-electron chi connectivity index (χ2n) is 6.50. The van der Waals surface area contributed by atoms with Gasteiger partial charge in [0.05, 0.1) is 0 Å². The SMILES string of the molecule is C[CH]=[Zr]([O]C)([O][Si](C)(C)C)([C]1=CC=CC1)[C]1=CC=CC1.Cl.Cl. The molecule has 0 amide bonds. The van der Waals surface area contributed by atoms with Crippen LogP contribution in [0.1, 0.15) is 19.8 Å². The summed E-state index contributed by atoms with van der Waals surface area (Å²) in [6.45, 7) is 8.91. The predicted octanol–water partition coefficient (Wildman–Crippen LogP) is 5.36. The van der Waals surface area contributed by atoms with Gasteiger partial charge in [-0.05, 0) is 0 Å². The Labute approximate surface area is 150 Å². The molecule has 22 heavy (non-hydrogen) atoms. The molecule has 126 valence electrons. The molecule has 0 aliphatic heterocycles. The first-order chi connectivity index (χ1) is 9.37. The van der Waals surface area contributed by atoms with E-state index in [1.807, 2.05) is 7.11 Å². The average molecular weight is 443 g/mol. The van der Waals surface area contributed by atoms with Gasteiger partial charge in [0.1, 0.15) is 0 Å². The third kappa shape index (κ3) is 3.74. The van der Waals surface area contributed by atoms with Crippen LogP contribution in [0.5, 0.6) is 0 Å². The zero-order valence-corrected chi connectivity index (χ0v) is 19.2. The van der Waals surface area contributed by atoms with E-state index in [1.54, 1.807) is 0 Å². The van der Waals surface area contributed by atoms with Crippen LogP contribution in [0.25, 0.3) is 0 Å². The first-order valence-corrected chi connectivity index (χ1v) is 16.6. The summed E-state index contributed by atoms with van der Waals surface area (Å²) < 4.78 is 18.4. The normalized spacial score (nSPS) is 17.5. The standard InChI is InChI=1S/2C5H5.C3H9OSi.C2H4.CH3O.2ClH.Zr/c2*1-2-4-5-3-1;1-5(2,3)4;2*1-2;;;/h2*1-3H,4H2;1-3H3;1H,2H3;1H3;2*1H;/q;;-1;;-1;;;+2. The molecule has 0 bridgehead atoms. The minimum absolute atomic E-state index is 0. The second kappa shape index (κ2) is 8.00. The molecule has 2 nitrogen and oxygen atoms in total. The smallest absolute Gasteiger partial charge is 0.147 e. The van der Waals surface area contributed by atoms with Gasteiger partial charge in [-0.25, -0.2) is 0 Å². The summed E-state index contributed by atoms with van der Waals surface area (Å²) >= 11 is -4.12. The fourth-order valence-corrected chi connectivity index (χ4v) is 26.7. The Bertz CT molecular complexity index is 562. The fraction of sp³-hybridized carbons (Fsp3) is 0.438. The van der Waals surface area contributed by atoms with Gasteiger partial charge in [0.25, 0.3) is 0 Å². The molecule has 2 aliphatic carbocycles. The summed E-state index contributed by atoms with van der Waals surface area (Å²) in [4.78, 5) is 0. The van der Waals surface area contributed by atoms with Crippen LogP contribution in [-0.2, 0) is 24.5 Å². The van der Waals surface area contributed by atoms with Gasteiger partial charge in [0, 0.05) is 0 Å². The van der Waals surface area contributed by atoms with Crippen LogP contribution >= 0.6 is 24.8 Å². The maximum Gasteiger partial charge on any atom is -0.147 e. The van der Waals surface area contributed by atoms with Gasteiger partial charge in [0.15, 0.2) is 0 Å². The van der Waals surface area contributed by atoms with Crippen molar-refractivity contribution in [3.8, 4) is 0 Å². The van der Waals surface area contributed by atoms with Crippen LogP contribution in [-0.4, -0.2) is 19.1 Å². The largest absolute Gasteiger partial charge is 0.147 e. The number of halogens is 2. The minimum Gasteiger partial charge on any atom is -0.147 e. The summed E-state index contributed by atoms with van der Waals surface area (Å²) in [5.74, 6) is 0. The molecule has 0 saturated carbocycles. The van der Waals surface area contributed by atoms with Crippen LogP contribution < -0.4 is 0 Å². The quantitative estimate of drug-likeness (QED) is 0.534. The first kappa shape index (κ1) is 22.4. The van der Waals surface area contributed by atoms with E-state index in [0.717, 1.165) is 12.8 Å². The Morgan fingerprint density at radius 3 is 1.68 bits per heavy atom. The number of hydrogen-bond donors (Lipinski definition) is 0. The molecule has 0 aromatic rings. The fourth-order valence-electron chi connectivity index (χ4n) is 3.39. The Morgan fingerprint density at radius 2 is 1.45 bits per heavy atom. The summed E-state index contributed by atoms with van der Waals surface area (Å²) in [5.41, 5.74) is 0. The van der Waals surface area contributed by atoms with Crippen molar-refractivity contribution in [3.63, 3.8) is 0 Å². The van der Waals surface area contributed by atoms with Crippen LogP contribution in [0, 0.1) is 0 Å². The summed E-state index contributed by atoms with van der Waals surface area (Å²) in [5, 5.41) is 0. The second-order valence-corrected chi connectivity index (χ2v) is 23.6. The van der Waals surface area contributed by atoms with Crippen molar-refractivity contribution in [3.05, 3.63) is 43.0 Å². The van der Waals surface area contributed by atoms with Gasteiger partial charge in [0.2, 0.25) is 0 Å². The van der Waals surface area contributed by atoms with E-state index in [-0.39, 0.29) is 24.8 Å². The Balaban J connectivity index is 0.00000220. The monoisotopic (exact) mass is 440 g/mol. The summed E-state index contributed by atoms with van der Waals surface area (Å²) in [6.07, 6.45) is 15.1. The van der Waals surface area contributed by atoms with Crippen molar-refractivity contribution in [2.24, 2.45) is 0 Å². The van der Waals surface area contributed by atoms with Crippen molar-refractivity contribution in [2.45, 2.75) is 39.4 Å². The minimum atomic E-state index is -4.12. The van der Waals surface area contributed by atoms with E-state index < -0.39 is 27.5 Å². The van der Waals surface area contributed by atoms with Crippen molar-refractivity contribution in [2.75, 3.05) is 7.11 Å². The molecule has 0 spiro atoms. The maximum absolute atomic E-state index is 6.93. The van der Waals surface area contributed by atoms with Gasteiger partial charge >= 0.3 is 126 Å². The molecular formula is C16H28Cl2O2SiZr. The Kier molecular flexibility index (Phi) is 8.16. The number of hydrogen-bond acceptors (Lipinski definition) is 2. The molecule has 0 aromatic carbocycles. The molecule has 0 radical (unpaired) electrons. The molecule has 0 unspecified atom stereocenters. The molecule has 0 N–H and O–H groups in total. The van der Waals surface area contributed by atoms with Gasteiger partial charge in [-0.2, -0.15) is 0 Å². The van der Waals surface area contributed by atoms with Crippen LogP contribution in [0.2, 0.25) is 19.6 Å². The number of rotatable bonds is 5. The zero-order chi connectivity index (χ0) is 14.9. The molecule has 6 heteroatoms. The topological polar surface area (TPSA) is 18.5 Å². The van der Waals surface area contributed by atoms with Gasteiger partial charge < -0.3 is 0 Å². The molecule has 0 aromatic heterocycles. The summed E-state index contributed by atoms with van der Waals surface area (Å²) in [6, 6.07) is 0. The molecule has 2 aliphatic rings.